The Morgan fingerprint density at radius 1 is 1.23 bits per heavy atom. The summed E-state index contributed by atoms with van der Waals surface area (Å²) in [6.07, 6.45) is 2.29. The van der Waals surface area contributed by atoms with Gasteiger partial charge in [0.1, 0.15) is 0 Å². The van der Waals surface area contributed by atoms with Crippen LogP contribution in [0.2, 0.25) is 0 Å². The summed E-state index contributed by atoms with van der Waals surface area (Å²) >= 11 is 0. The highest BCUT2D eigenvalue weighted by atomic mass is 16.5. The molecule has 0 aliphatic heterocycles. The normalized spacial score (nSPS) is 13.6. The van der Waals surface area contributed by atoms with E-state index in [1.165, 1.54) is 0 Å². The maximum atomic E-state index is 8.94. The van der Waals surface area contributed by atoms with Gasteiger partial charge in [-0.15, -0.1) is 0 Å². The first-order valence-corrected chi connectivity index (χ1v) is 5.13. The van der Waals surface area contributed by atoms with E-state index in [1.54, 1.807) is 6.92 Å². The first kappa shape index (κ1) is 12.9. The molecular weight excluding hydrogens is 166 g/mol. The second kappa shape index (κ2) is 8.48. The highest BCUT2D eigenvalue weighted by Crippen LogP contribution is 1.93. The van der Waals surface area contributed by atoms with Crippen LogP contribution >= 0.6 is 0 Å². The third kappa shape index (κ3) is 11.9. The van der Waals surface area contributed by atoms with E-state index in [4.69, 9.17) is 9.84 Å². The molecule has 0 radical (unpaired) electrons. The highest BCUT2D eigenvalue weighted by Gasteiger charge is 1.95. The molecule has 2 N–H and O–H groups in total. The summed E-state index contributed by atoms with van der Waals surface area (Å²) in [5, 5.41) is 12.1. The van der Waals surface area contributed by atoms with E-state index in [2.05, 4.69) is 5.32 Å². The number of unbranched alkanes of at least 4 members (excludes halogenated alkanes) is 1. The summed E-state index contributed by atoms with van der Waals surface area (Å²) < 4.78 is 5.39. The van der Waals surface area contributed by atoms with Gasteiger partial charge in [-0.3, -0.25) is 0 Å². The minimum absolute atomic E-state index is 0.244. The van der Waals surface area contributed by atoms with E-state index in [1.807, 2.05) is 13.8 Å². The molecule has 0 spiro atoms. The first-order chi connectivity index (χ1) is 6.13. The number of hydrogen-bond donors (Lipinski definition) is 2. The zero-order chi connectivity index (χ0) is 10.1. The number of aliphatic hydroxyl groups excluding tert-OH is 1. The predicted molar refractivity (Wildman–Crippen MR) is 54.9 cm³/mol. The summed E-state index contributed by atoms with van der Waals surface area (Å²) in [7, 11) is 0. The lowest BCUT2D eigenvalue weighted by Gasteiger charge is -2.08. The van der Waals surface area contributed by atoms with Gasteiger partial charge in [0.15, 0.2) is 0 Å². The summed E-state index contributed by atoms with van der Waals surface area (Å²) in [6.45, 7) is 8.37. The Morgan fingerprint density at radius 3 is 2.46 bits per heavy atom. The third-order valence-electron chi connectivity index (χ3n) is 1.64. The Hall–Kier alpha value is -0.120. The minimum Gasteiger partial charge on any atom is -0.392 e. The minimum atomic E-state index is -0.244. The van der Waals surface area contributed by atoms with Crippen molar-refractivity contribution >= 4 is 0 Å². The van der Waals surface area contributed by atoms with Crippen molar-refractivity contribution in [2.45, 2.75) is 45.8 Å². The zero-order valence-corrected chi connectivity index (χ0v) is 9.05. The van der Waals surface area contributed by atoms with Gasteiger partial charge in [0.05, 0.1) is 12.2 Å². The molecule has 0 fully saturated rings. The molecule has 0 aromatic rings. The highest BCUT2D eigenvalue weighted by molar-refractivity contribution is 4.52. The van der Waals surface area contributed by atoms with Gasteiger partial charge >= 0.3 is 0 Å². The molecule has 0 saturated carbocycles. The quantitative estimate of drug-likeness (QED) is 0.563. The Morgan fingerprint density at radius 2 is 1.92 bits per heavy atom. The fourth-order valence-electron chi connectivity index (χ4n) is 0.982. The van der Waals surface area contributed by atoms with E-state index in [9.17, 15) is 0 Å². The monoisotopic (exact) mass is 189 g/mol. The number of aliphatic hydroxyl groups is 1. The van der Waals surface area contributed by atoms with Crippen LogP contribution in [0.1, 0.15) is 33.6 Å². The van der Waals surface area contributed by atoms with Crippen LogP contribution in [0.3, 0.4) is 0 Å². The average Bonchev–Trinajstić information content (AvgIpc) is 2.01. The Labute approximate surface area is 81.5 Å². The maximum Gasteiger partial charge on any atom is 0.0636 e. The van der Waals surface area contributed by atoms with Gasteiger partial charge < -0.3 is 15.2 Å². The Kier molecular flexibility index (Phi) is 8.40. The molecule has 0 aromatic heterocycles. The molecule has 0 rings (SSSR count). The van der Waals surface area contributed by atoms with Crippen LogP contribution in [-0.2, 0) is 4.74 Å². The van der Waals surface area contributed by atoms with Gasteiger partial charge in [-0.2, -0.15) is 0 Å². The van der Waals surface area contributed by atoms with E-state index in [0.717, 1.165) is 26.0 Å². The van der Waals surface area contributed by atoms with Crippen molar-refractivity contribution < 1.29 is 9.84 Å². The molecule has 3 heteroatoms. The van der Waals surface area contributed by atoms with Gasteiger partial charge in [-0.1, -0.05) is 0 Å². The summed E-state index contributed by atoms with van der Waals surface area (Å²) in [6, 6.07) is 0. The molecule has 0 amide bonds. The smallest absolute Gasteiger partial charge is 0.0636 e. The van der Waals surface area contributed by atoms with Gasteiger partial charge in [0, 0.05) is 13.2 Å². The van der Waals surface area contributed by atoms with E-state index in [0.29, 0.717) is 12.6 Å². The zero-order valence-electron chi connectivity index (χ0n) is 9.05. The molecule has 0 aromatic carbocycles. The molecule has 1 atom stereocenters. The van der Waals surface area contributed by atoms with E-state index in [-0.39, 0.29) is 6.10 Å². The topological polar surface area (TPSA) is 41.5 Å². The van der Waals surface area contributed by atoms with Crippen molar-refractivity contribution in [3.8, 4) is 0 Å². The van der Waals surface area contributed by atoms with E-state index < -0.39 is 0 Å². The fourth-order valence-corrected chi connectivity index (χ4v) is 0.982. The third-order valence-corrected chi connectivity index (χ3v) is 1.64. The van der Waals surface area contributed by atoms with Crippen LogP contribution in [0, 0.1) is 0 Å². The Balaban J connectivity index is 2.92. The van der Waals surface area contributed by atoms with Crippen LogP contribution in [0.25, 0.3) is 0 Å². The molecule has 13 heavy (non-hydrogen) atoms. The lowest BCUT2D eigenvalue weighted by Crippen LogP contribution is -2.25. The van der Waals surface area contributed by atoms with Crippen molar-refractivity contribution in [1.29, 1.82) is 0 Å². The van der Waals surface area contributed by atoms with Crippen molar-refractivity contribution in [1.82, 2.24) is 5.32 Å². The van der Waals surface area contributed by atoms with Gasteiger partial charge in [0.2, 0.25) is 0 Å². The van der Waals surface area contributed by atoms with Crippen LogP contribution in [0.15, 0.2) is 0 Å². The van der Waals surface area contributed by atoms with Crippen molar-refractivity contribution in [2.24, 2.45) is 0 Å². The van der Waals surface area contributed by atoms with Crippen molar-refractivity contribution in [3.05, 3.63) is 0 Å². The molecule has 0 saturated heterocycles. The SMILES string of the molecule is CC(C)OCCCCNC[C@@H](C)O. The van der Waals surface area contributed by atoms with E-state index >= 15 is 0 Å². The van der Waals surface area contributed by atoms with Gasteiger partial charge in [-0.25, -0.2) is 0 Å². The van der Waals surface area contributed by atoms with Crippen LogP contribution in [0.4, 0.5) is 0 Å². The van der Waals surface area contributed by atoms with Crippen molar-refractivity contribution in [2.75, 3.05) is 19.7 Å². The van der Waals surface area contributed by atoms with Crippen LogP contribution < -0.4 is 5.32 Å². The maximum absolute atomic E-state index is 8.94. The van der Waals surface area contributed by atoms with Crippen LogP contribution in [0.5, 0.6) is 0 Å². The number of nitrogens with one attached hydrogen (secondary N) is 1. The summed E-state index contributed by atoms with van der Waals surface area (Å²) in [4.78, 5) is 0. The largest absolute Gasteiger partial charge is 0.392 e. The van der Waals surface area contributed by atoms with Gasteiger partial charge in [0.25, 0.3) is 0 Å². The molecule has 0 aliphatic rings. The second-order valence-electron chi connectivity index (χ2n) is 3.68. The Bertz CT molecular complexity index is 93.1. The van der Waals surface area contributed by atoms with Gasteiger partial charge in [-0.05, 0) is 40.2 Å². The standard InChI is InChI=1S/C10H23NO2/c1-9(2)13-7-5-4-6-11-8-10(3)12/h9-12H,4-8H2,1-3H3/t10-/m1/s1. The number of rotatable bonds is 8. The van der Waals surface area contributed by atoms with Crippen molar-refractivity contribution in [3.63, 3.8) is 0 Å². The molecule has 3 nitrogen and oxygen atoms in total. The molecule has 0 heterocycles. The number of hydrogen-bond acceptors (Lipinski definition) is 3. The van der Waals surface area contributed by atoms with Crippen LogP contribution in [-0.4, -0.2) is 37.0 Å². The first-order valence-electron chi connectivity index (χ1n) is 5.13. The average molecular weight is 189 g/mol. The molecule has 0 bridgehead atoms. The number of ether oxygens (including phenoxy) is 1. The summed E-state index contributed by atoms with van der Waals surface area (Å²) in [5.74, 6) is 0. The molecular formula is C10H23NO2. The molecule has 80 valence electrons. The molecule has 0 unspecified atom stereocenters. The predicted octanol–water partition coefficient (Wildman–Crippen LogP) is 1.16. The lowest BCUT2D eigenvalue weighted by molar-refractivity contribution is 0.0759. The molecule has 0 aliphatic carbocycles. The second-order valence-corrected chi connectivity index (χ2v) is 3.68. The fraction of sp³-hybridized carbons (Fsp3) is 1.00. The summed E-state index contributed by atoms with van der Waals surface area (Å²) in [5.41, 5.74) is 0. The lowest BCUT2D eigenvalue weighted by atomic mass is 10.3.